The molecule has 0 amide bonds. The summed E-state index contributed by atoms with van der Waals surface area (Å²) in [6, 6.07) is 11.6. The first kappa shape index (κ1) is 16.0. The average Bonchev–Trinajstić information content (AvgIpc) is 2.53. The largest absolute Gasteiger partial charge is 0.496 e. The summed E-state index contributed by atoms with van der Waals surface area (Å²) >= 11 is 0. The highest BCUT2D eigenvalue weighted by Gasteiger charge is 2.26. The molecule has 0 spiro atoms. The fourth-order valence-electron chi connectivity index (χ4n) is 1.95. The average molecular weight is 323 g/mol. The number of hydrogen-bond acceptors (Lipinski definition) is 5. The third kappa shape index (κ3) is 3.25. The van der Waals surface area contributed by atoms with Gasteiger partial charge < -0.3 is 14.2 Å². The van der Waals surface area contributed by atoms with Crippen molar-refractivity contribution in [3.05, 3.63) is 42.5 Å². The van der Waals surface area contributed by atoms with E-state index in [0.717, 1.165) is 0 Å². The second-order valence-corrected chi connectivity index (χ2v) is 5.95. The van der Waals surface area contributed by atoms with Crippen LogP contribution in [-0.2, 0) is 10.0 Å². The Balaban J connectivity index is 2.54. The van der Waals surface area contributed by atoms with Gasteiger partial charge >= 0.3 is 0 Å². The van der Waals surface area contributed by atoms with Gasteiger partial charge in [-0.3, -0.25) is 4.72 Å². The minimum atomic E-state index is -3.88. The number of benzene rings is 2. The van der Waals surface area contributed by atoms with Gasteiger partial charge in [0.1, 0.15) is 17.2 Å². The fraction of sp³-hybridized carbons (Fsp3) is 0.200. The molecule has 0 heterocycles. The van der Waals surface area contributed by atoms with Crippen molar-refractivity contribution in [1.82, 2.24) is 0 Å². The molecule has 0 radical (unpaired) electrons. The highest BCUT2D eigenvalue weighted by molar-refractivity contribution is 7.93. The van der Waals surface area contributed by atoms with Crippen molar-refractivity contribution in [3.8, 4) is 17.2 Å². The maximum atomic E-state index is 12.6. The smallest absolute Gasteiger partial charge is 0.269 e. The van der Waals surface area contributed by atoms with Gasteiger partial charge in [0.2, 0.25) is 0 Å². The van der Waals surface area contributed by atoms with Crippen LogP contribution in [0.15, 0.2) is 47.4 Å². The van der Waals surface area contributed by atoms with Gasteiger partial charge in [0.15, 0.2) is 4.90 Å². The quantitative estimate of drug-likeness (QED) is 0.884. The van der Waals surface area contributed by atoms with Gasteiger partial charge in [-0.1, -0.05) is 18.2 Å². The SMILES string of the molecule is COc1cc(OC)c(S(=O)(=O)Nc2ccccc2)c(OC)c1. The van der Waals surface area contributed by atoms with E-state index in [1.165, 1.54) is 33.5 Å². The Labute approximate surface area is 129 Å². The normalized spacial score (nSPS) is 10.9. The molecule has 0 bridgehead atoms. The Morgan fingerprint density at radius 1 is 0.864 bits per heavy atom. The van der Waals surface area contributed by atoms with Crippen LogP contribution in [0.2, 0.25) is 0 Å². The number of para-hydroxylation sites is 1. The third-order valence-corrected chi connectivity index (χ3v) is 4.41. The van der Waals surface area contributed by atoms with E-state index >= 15 is 0 Å². The summed E-state index contributed by atoms with van der Waals surface area (Å²) in [7, 11) is 0.367. The number of ether oxygens (including phenoxy) is 3. The molecule has 2 aromatic rings. The molecular weight excluding hydrogens is 306 g/mol. The number of rotatable bonds is 6. The molecule has 0 fully saturated rings. The van der Waals surface area contributed by atoms with Crippen molar-refractivity contribution in [2.75, 3.05) is 26.1 Å². The molecule has 7 heteroatoms. The van der Waals surface area contributed by atoms with Crippen LogP contribution in [0.25, 0.3) is 0 Å². The molecule has 22 heavy (non-hydrogen) atoms. The van der Waals surface area contributed by atoms with Gasteiger partial charge in [-0.15, -0.1) is 0 Å². The summed E-state index contributed by atoms with van der Waals surface area (Å²) in [5, 5.41) is 0. The van der Waals surface area contributed by atoms with E-state index in [4.69, 9.17) is 14.2 Å². The van der Waals surface area contributed by atoms with Gasteiger partial charge in [0.25, 0.3) is 10.0 Å². The van der Waals surface area contributed by atoms with Crippen LogP contribution in [0.5, 0.6) is 17.2 Å². The zero-order valence-electron chi connectivity index (χ0n) is 12.5. The Hall–Kier alpha value is -2.41. The fourth-order valence-corrected chi connectivity index (χ4v) is 3.31. The zero-order chi connectivity index (χ0) is 16.2. The van der Waals surface area contributed by atoms with Gasteiger partial charge in [-0.2, -0.15) is 0 Å². The maximum Gasteiger partial charge on any atom is 0.269 e. The number of anilines is 1. The van der Waals surface area contributed by atoms with Crippen LogP contribution in [-0.4, -0.2) is 29.7 Å². The molecule has 0 saturated heterocycles. The highest BCUT2D eigenvalue weighted by Crippen LogP contribution is 2.38. The zero-order valence-corrected chi connectivity index (χ0v) is 13.3. The lowest BCUT2D eigenvalue weighted by Gasteiger charge is -2.16. The van der Waals surface area contributed by atoms with E-state index in [0.29, 0.717) is 11.4 Å². The van der Waals surface area contributed by atoms with Crippen LogP contribution in [0.4, 0.5) is 5.69 Å². The van der Waals surface area contributed by atoms with Gasteiger partial charge in [-0.25, -0.2) is 8.42 Å². The molecule has 2 rings (SSSR count). The molecule has 0 unspecified atom stereocenters. The summed E-state index contributed by atoms with van der Waals surface area (Å²) in [6.07, 6.45) is 0. The second kappa shape index (κ2) is 6.57. The van der Waals surface area contributed by atoms with Crippen molar-refractivity contribution in [2.24, 2.45) is 0 Å². The predicted octanol–water partition coefficient (Wildman–Crippen LogP) is 2.51. The van der Waals surface area contributed by atoms with E-state index in [2.05, 4.69) is 4.72 Å². The number of sulfonamides is 1. The van der Waals surface area contributed by atoms with Gasteiger partial charge in [0.05, 0.1) is 21.3 Å². The molecule has 0 saturated carbocycles. The third-order valence-electron chi connectivity index (χ3n) is 2.96. The molecule has 2 aromatic carbocycles. The maximum absolute atomic E-state index is 12.6. The van der Waals surface area contributed by atoms with Crippen LogP contribution >= 0.6 is 0 Å². The molecule has 6 nitrogen and oxygen atoms in total. The molecule has 0 aromatic heterocycles. The second-order valence-electron chi connectivity index (χ2n) is 4.33. The minimum Gasteiger partial charge on any atom is -0.496 e. The topological polar surface area (TPSA) is 73.9 Å². The first-order valence-corrected chi connectivity index (χ1v) is 7.88. The lowest BCUT2D eigenvalue weighted by Crippen LogP contribution is -2.15. The van der Waals surface area contributed by atoms with E-state index in [1.54, 1.807) is 30.3 Å². The van der Waals surface area contributed by atoms with E-state index in [-0.39, 0.29) is 16.4 Å². The lowest BCUT2D eigenvalue weighted by molar-refractivity contribution is 0.359. The lowest BCUT2D eigenvalue weighted by atomic mass is 10.3. The standard InChI is InChI=1S/C15H17NO5S/c1-19-12-9-13(20-2)15(14(10-12)21-3)22(17,18)16-11-7-5-4-6-8-11/h4-10,16H,1-3H3. The summed E-state index contributed by atoms with van der Waals surface area (Å²) in [5.41, 5.74) is 0.447. The highest BCUT2D eigenvalue weighted by atomic mass is 32.2. The monoisotopic (exact) mass is 323 g/mol. The summed E-state index contributed by atoms with van der Waals surface area (Å²) in [5.74, 6) is 0.714. The molecule has 0 aliphatic rings. The van der Waals surface area contributed by atoms with Crippen molar-refractivity contribution < 1.29 is 22.6 Å². The minimum absolute atomic E-state index is 0.0813. The molecular formula is C15H17NO5S. The Morgan fingerprint density at radius 3 is 1.86 bits per heavy atom. The van der Waals surface area contributed by atoms with Crippen LogP contribution in [0, 0.1) is 0 Å². The van der Waals surface area contributed by atoms with Crippen molar-refractivity contribution in [1.29, 1.82) is 0 Å². The van der Waals surface area contributed by atoms with Crippen LogP contribution < -0.4 is 18.9 Å². The summed E-state index contributed by atoms with van der Waals surface area (Å²) in [4.78, 5) is -0.0813. The van der Waals surface area contributed by atoms with E-state index in [9.17, 15) is 8.42 Å². The Morgan fingerprint density at radius 2 is 1.41 bits per heavy atom. The molecule has 0 atom stereocenters. The van der Waals surface area contributed by atoms with Gasteiger partial charge in [-0.05, 0) is 12.1 Å². The van der Waals surface area contributed by atoms with E-state index in [1.807, 2.05) is 0 Å². The Bertz CT molecular complexity index is 719. The van der Waals surface area contributed by atoms with E-state index < -0.39 is 10.0 Å². The van der Waals surface area contributed by atoms with Crippen LogP contribution in [0.3, 0.4) is 0 Å². The van der Waals surface area contributed by atoms with Crippen molar-refractivity contribution >= 4 is 15.7 Å². The number of nitrogens with one attached hydrogen (secondary N) is 1. The van der Waals surface area contributed by atoms with Crippen LogP contribution in [0.1, 0.15) is 0 Å². The number of methoxy groups -OCH3 is 3. The molecule has 118 valence electrons. The Kier molecular flexibility index (Phi) is 4.77. The predicted molar refractivity (Wildman–Crippen MR) is 83.3 cm³/mol. The first-order valence-electron chi connectivity index (χ1n) is 6.39. The summed E-state index contributed by atoms with van der Waals surface area (Å²) < 4.78 is 43.3. The molecule has 1 N–H and O–H groups in total. The molecule has 0 aliphatic heterocycles. The van der Waals surface area contributed by atoms with Gasteiger partial charge in [0, 0.05) is 17.8 Å². The van der Waals surface area contributed by atoms with Crippen molar-refractivity contribution in [3.63, 3.8) is 0 Å². The first-order chi connectivity index (χ1) is 10.5. The van der Waals surface area contributed by atoms with Crippen molar-refractivity contribution in [2.45, 2.75) is 4.90 Å². The summed E-state index contributed by atoms with van der Waals surface area (Å²) in [6.45, 7) is 0. The molecule has 0 aliphatic carbocycles. The number of hydrogen-bond donors (Lipinski definition) is 1.